The van der Waals surface area contributed by atoms with Gasteiger partial charge < -0.3 is 20.1 Å². The average molecular weight is 517 g/mol. The molecule has 1 unspecified atom stereocenters. The number of pyridine rings is 2. The van der Waals surface area contributed by atoms with Crippen LogP contribution in [-0.4, -0.2) is 66.5 Å². The Morgan fingerprint density at radius 1 is 1.11 bits per heavy atom. The molecule has 0 aromatic carbocycles. The molecule has 2 aliphatic rings. The number of nitrogens with zero attached hydrogens (tertiary/aromatic N) is 7. The van der Waals surface area contributed by atoms with Crippen LogP contribution in [0.15, 0.2) is 42.9 Å². The minimum atomic E-state index is -0.965. The van der Waals surface area contributed by atoms with Gasteiger partial charge in [0.1, 0.15) is 11.5 Å². The van der Waals surface area contributed by atoms with Crippen LogP contribution in [0.4, 0.5) is 10.6 Å². The van der Waals surface area contributed by atoms with Gasteiger partial charge in [-0.3, -0.25) is 9.67 Å². The summed E-state index contributed by atoms with van der Waals surface area (Å²) in [6.07, 6.45) is 10.1. The van der Waals surface area contributed by atoms with Crippen LogP contribution in [0.25, 0.3) is 33.5 Å². The molecule has 198 valence electrons. The van der Waals surface area contributed by atoms with E-state index in [1.54, 1.807) is 4.68 Å². The van der Waals surface area contributed by atoms with Crippen LogP contribution in [-0.2, 0) is 11.8 Å². The van der Waals surface area contributed by atoms with E-state index in [0.29, 0.717) is 0 Å². The maximum Gasteiger partial charge on any atom is 0.404 e. The number of carboxylic acid groups (broad SMARTS) is 1. The molecule has 0 saturated carbocycles. The Labute approximate surface area is 220 Å². The van der Waals surface area contributed by atoms with E-state index in [0.717, 1.165) is 97.6 Å². The normalized spacial score (nSPS) is 20.4. The maximum atomic E-state index is 11.1. The summed E-state index contributed by atoms with van der Waals surface area (Å²) in [6, 6.07) is 8.06. The fourth-order valence-corrected chi connectivity index (χ4v) is 5.45. The Morgan fingerprint density at radius 2 is 2.03 bits per heavy atom. The van der Waals surface area contributed by atoms with Crippen molar-refractivity contribution in [3.8, 4) is 22.6 Å². The van der Waals surface area contributed by atoms with Crippen molar-refractivity contribution in [1.29, 1.82) is 0 Å². The highest BCUT2D eigenvalue weighted by Gasteiger charge is 2.24. The molecule has 11 heteroatoms. The molecule has 2 aliphatic heterocycles. The number of hydrogen-bond acceptors (Lipinski definition) is 7. The van der Waals surface area contributed by atoms with Gasteiger partial charge in [-0.05, 0) is 56.7 Å². The third kappa shape index (κ3) is 4.93. The Bertz CT molecular complexity index is 1440. The minimum absolute atomic E-state index is 0.0331. The first kappa shape index (κ1) is 24.4. The number of rotatable bonds is 5. The van der Waals surface area contributed by atoms with Gasteiger partial charge >= 0.3 is 6.09 Å². The van der Waals surface area contributed by atoms with E-state index in [-0.39, 0.29) is 12.3 Å². The highest BCUT2D eigenvalue weighted by Crippen LogP contribution is 2.34. The molecule has 0 aliphatic carbocycles. The molecule has 0 radical (unpaired) electrons. The molecule has 2 saturated heterocycles. The van der Waals surface area contributed by atoms with Crippen LogP contribution in [0.2, 0.25) is 0 Å². The lowest BCUT2D eigenvalue weighted by Crippen LogP contribution is -2.34. The van der Waals surface area contributed by atoms with Crippen LogP contribution in [0.1, 0.15) is 44.8 Å². The van der Waals surface area contributed by atoms with Crippen LogP contribution in [0.3, 0.4) is 0 Å². The van der Waals surface area contributed by atoms with Gasteiger partial charge in [0.15, 0.2) is 6.23 Å². The van der Waals surface area contributed by atoms with E-state index in [4.69, 9.17) is 24.9 Å². The van der Waals surface area contributed by atoms with Crippen molar-refractivity contribution >= 4 is 22.8 Å². The number of ether oxygens (including phenoxy) is 1. The molecule has 0 spiro atoms. The monoisotopic (exact) mass is 516 g/mol. The zero-order valence-electron chi connectivity index (χ0n) is 21.5. The van der Waals surface area contributed by atoms with Crippen molar-refractivity contribution in [3.05, 3.63) is 42.9 Å². The molecule has 6 heterocycles. The van der Waals surface area contributed by atoms with E-state index in [1.807, 2.05) is 48.5 Å². The molecule has 4 aromatic rings. The second-order valence-electron chi connectivity index (χ2n) is 10.0. The Hall–Kier alpha value is -3.99. The number of aryl methyl sites for hydroxylation is 1. The summed E-state index contributed by atoms with van der Waals surface area (Å²) in [5.41, 5.74) is 4.28. The van der Waals surface area contributed by atoms with E-state index in [2.05, 4.69) is 21.4 Å². The average Bonchev–Trinajstić information content (AvgIpc) is 3.46. The second-order valence-corrected chi connectivity index (χ2v) is 10.0. The van der Waals surface area contributed by atoms with Gasteiger partial charge in [0.25, 0.3) is 0 Å². The molecule has 11 nitrogen and oxygen atoms in total. The molecule has 2 atom stereocenters. The third-order valence-corrected chi connectivity index (χ3v) is 7.38. The van der Waals surface area contributed by atoms with Crippen LogP contribution < -0.4 is 10.2 Å². The fourth-order valence-electron chi connectivity index (χ4n) is 5.45. The molecule has 2 N–H and O–H groups in total. The number of anilines is 1. The Kier molecular flexibility index (Phi) is 6.67. The van der Waals surface area contributed by atoms with Crippen LogP contribution >= 0.6 is 0 Å². The van der Waals surface area contributed by atoms with Crippen molar-refractivity contribution in [2.45, 2.75) is 50.8 Å². The maximum absolute atomic E-state index is 11.1. The molecule has 2 fully saturated rings. The summed E-state index contributed by atoms with van der Waals surface area (Å²) in [5.74, 6) is 0.872. The van der Waals surface area contributed by atoms with Gasteiger partial charge in [-0.25, -0.2) is 14.5 Å². The minimum Gasteiger partial charge on any atom is -0.465 e. The first-order valence-corrected chi connectivity index (χ1v) is 13.3. The van der Waals surface area contributed by atoms with Crippen LogP contribution in [0.5, 0.6) is 0 Å². The quantitative estimate of drug-likeness (QED) is 0.404. The molecule has 1 amide bonds. The first-order valence-electron chi connectivity index (χ1n) is 13.3. The van der Waals surface area contributed by atoms with E-state index < -0.39 is 6.09 Å². The number of amides is 1. The van der Waals surface area contributed by atoms with Crippen molar-refractivity contribution in [3.63, 3.8) is 0 Å². The van der Waals surface area contributed by atoms with E-state index in [9.17, 15) is 4.79 Å². The molecular formula is C27H32N8O3. The lowest BCUT2D eigenvalue weighted by atomic mass is 10.1. The van der Waals surface area contributed by atoms with Crippen LogP contribution in [0, 0.1) is 0 Å². The summed E-state index contributed by atoms with van der Waals surface area (Å²) >= 11 is 0. The summed E-state index contributed by atoms with van der Waals surface area (Å²) in [6.45, 7) is 2.29. The number of aromatic nitrogens is 6. The van der Waals surface area contributed by atoms with Gasteiger partial charge in [0.2, 0.25) is 0 Å². The summed E-state index contributed by atoms with van der Waals surface area (Å²) in [5, 5.41) is 22.1. The number of carbonyl (C=O) groups is 1. The predicted molar refractivity (Wildman–Crippen MR) is 143 cm³/mol. The molecule has 0 bridgehead atoms. The van der Waals surface area contributed by atoms with Crippen molar-refractivity contribution in [1.82, 2.24) is 34.8 Å². The molecule has 4 aromatic heterocycles. The Morgan fingerprint density at radius 3 is 2.82 bits per heavy atom. The van der Waals surface area contributed by atoms with Crippen molar-refractivity contribution in [2.24, 2.45) is 7.05 Å². The smallest absolute Gasteiger partial charge is 0.404 e. The summed E-state index contributed by atoms with van der Waals surface area (Å²) in [4.78, 5) is 23.1. The third-order valence-electron chi connectivity index (χ3n) is 7.38. The number of fused-ring (bicyclic) bond motifs is 1. The van der Waals surface area contributed by atoms with Crippen molar-refractivity contribution < 1.29 is 14.6 Å². The SMILES string of the molecule is Cn1cc(-c2cc3c(-c4cccc(N5CCC[C@H](NC(=O)O)CC5)n4)nn(C4CCCCO4)c3cn2)cn1. The number of hydrogen-bond donors (Lipinski definition) is 2. The van der Waals surface area contributed by atoms with Gasteiger partial charge in [0, 0.05) is 49.9 Å². The van der Waals surface area contributed by atoms with E-state index in [1.165, 1.54) is 0 Å². The summed E-state index contributed by atoms with van der Waals surface area (Å²) in [7, 11) is 1.89. The topological polar surface area (TPSA) is 123 Å². The standard InChI is InChI=1S/C27H32N8O3/c1-33-17-18(15-29-33)22-14-20-23(16-28-22)35(25-9-2-3-13-38-25)32-26(20)21-7-4-8-24(31-21)34-11-5-6-19(10-12-34)30-27(36)37/h4,7-8,14-17,19,25,30H,2-3,5-6,9-13H2,1H3,(H,36,37)/t19-,25?/m0/s1. The highest BCUT2D eigenvalue weighted by molar-refractivity contribution is 5.94. The zero-order chi connectivity index (χ0) is 26.1. The largest absolute Gasteiger partial charge is 0.465 e. The van der Waals surface area contributed by atoms with Gasteiger partial charge in [-0.1, -0.05) is 6.07 Å². The number of nitrogens with one attached hydrogen (secondary N) is 1. The second kappa shape index (κ2) is 10.4. The molecule has 38 heavy (non-hydrogen) atoms. The lowest BCUT2D eigenvalue weighted by Gasteiger charge is -2.23. The Balaban J connectivity index is 1.38. The molecular weight excluding hydrogens is 484 g/mol. The van der Waals surface area contributed by atoms with Gasteiger partial charge in [0.05, 0.1) is 29.3 Å². The predicted octanol–water partition coefficient (Wildman–Crippen LogP) is 4.22. The first-order chi connectivity index (χ1) is 18.5. The van der Waals surface area contributed by atoms with E-state index >= 15 is 0 Å². The lowest BCUT2D eigenvalue weighted by molar-refractivity contribution is -0.0365. The molecule has 6 rings (SSSR count). The fraction of sp³-hybridized carbons (Fsp3) is 0.444. The van der Waals surface area contributed by atoms with Gasteiger partial charge in [-0.15, -0.1) is 0 Å². The highest BCUT2D eigenvalue weighted by atomic mass is 16.5. The van der Waals surface area contributed by atoms with Gasteiger partial charge in [-0.2, -0.15) is 10.2 Å². The zero-order valence-corrected chi connectivity index (χ0v) is 21.5. The summed E-state index contributed by atoms with van der Waals surface area (Å²) < 4.78 is 9.83. The van der Waals surface area contributed by atoms with Crippen molar-refractivity contribution in [2.75, 3.05) is 24.6 Å².